The average Bonchev–Trinajstić information content (AvgIpc) is 2.59. The highest BCUT2D eigenvalue weighted by Gasteiger charge is 2.13. The Labute approximate surface area is 73.2 Å². The second kappa shape index (κ2) is 4.91. The fourth-order valence-electron chi connectivity index (χ4n) is 1.31. The molecule has 68 valence electrons. The summed E-state index contributed by atoms with van der Waals surface area (Å²) in [5, 5.41) is 7.61. The van der Waals surface area contributed by atoms with Crippen LogP contribution < -0.4 is 0 Å². The van der Waals surface area contributed by atoms with Gasteiger partial charge in [0.1, 0.15) is 0 Å². The molecule has 3 heteroatoms. The number of aromatic nitrogens is 2. The van der Waals surface area contributed by atoms with Gasteiger partial charge in [0, 0.05) is 5.92 Å². The van der Waals surface area contributed by atoms with Crippen LogP contribution in [0.4, 0.5) is 0 Å². The maximum absolute atomic E-state index is 5.16. The van der Waals surface area contributed by atoms with E-state index < -0.39 is 0 Å². The summed E-state index contributed by atoms with van der Waals surface area (Å²) < 4.78 is 5.16. The maximum Gasteiger partial charge on any atom is 0.219 e. The van der Waals surface area contributed by atoms with Gasteiger partial charge in [0.15, 0.2) is 0 Å². The number of hydrogen-bond acceptors (Lipinski definition) is 3. The molecule has 0 radical (unpaired) electrons. The Morgan fingerprint density at radius 2 is 2.33 bits per heavy atom. The quantitative estimate of drug-likeness (QED) is 0.678. The number of nitrogens with zero attached hydrogens (tertiary/aromatic N) is 2. The lowest BCUT2D eigenvalue weighted by Gasteiger charge is -2.07. The highest BCUT2D eigenvalue weighted by molar-refractivity contribution is 4.86. The normalized spacial score (nSPS) is 13.2. The van der Waals surface area contributed by atoms with Gasteiger partial charge in [-0.3, -0.25) is 0 Å². The zero-order valence-corrected chi connectivity index (χ0v) is 7.79. The Hall–Kier alpha value is -0.860. The second-order valence-corrected chi connectivity index (χ2v) is 3.02. The van der Waals surface area contributed by atoms with E-state index in [0.717, 1.165) is 18.7 Å². The van der Waals surface area contributed by atoms with Gasteiger partial charge in [-0.25, -0.2) is 0 Å². The van der Waals surface area contributed by atoms with Crippen LogP contribution in [-0.4, -0.2) is 10.2 Å². The molecule has 0 spiro atoms. The Morgan fingerprint density at radius 1 is 1.50 bits per heavy atom. The van der Waals surface area contributed by atoms with Crippen LogP contribution in [0.15, 0.2) is 10.8 Å². The van der Waals surface area contributed by atoms with Crippen LogP contribution in [0.3, 0.4) is 0 Å². The Balaban J connectivity index is 2.45. The van der Waals surface area contributed by atoms with Gasteiger partial charge in [0.05, 0.1) is 0 Å². The summed E-state index contributed by atoms with van der Waals surface area (Å²) in [6.07, 6.45) is 6.12. The molecule has 0 aromatic carbocycles. The lowest BCUT2D eigenvalue weighted by molar-refractivity contribution is 0.416. The molecule has 1 aromatic rings. The summed E-state index contributed by atoms with van der Waals surface area (Å²) in [6.45, 7) is 4.35. The molecule has 1 atom stereocenters. The monoisotopic (exact) mass is 168 g/mol. The molecule has 0 aliphatic rings. The Morgan fingerprint density at radius 3 is 2.83 bits per heavy atom. The van der Waals surface area contributed by atoms with Gasteiger partial charge in [0.25, 0.3) is 0 Å². The van der Waals surface area contributed by atoms with Crippen molar-refractivity contribution in [1.29, 1.82) is 0 Å². The van der Waals surface area contributed by atoms with Gasteiger partial charge in [-0.15, -0.1) is 10.2 Å². The third-order valence-corrected chi connectivity index (χ3v) is 2.13. The number of hydrogen-bond donors (Lipinski definition) is 0. The Bertz CT molecular complexity index is 196. The fraction of sp³-hybridized carbons (Fsp3) is 0.778. The SMILES string of the molecule is CCCCC(CC)c1nnco1. The highest BCUT2D eigenvalue weighted by atomic mass is 16.4. The smallest absolute Gasteiger partial charge is 0.219 e. The molecule has 0 fully saturated rings. The van der Waals surface area contributed by atoms with Gasteiger partial charge in [-0.2, -0.15) is 0 Å². The molecule has 1 heterocycles. The average molecular weight is 168 g/mol. The van der Waals surface area contributed by atoms with E-state index in [4.69, 9.17) is 4.42 Å². The van der Waals surface area contributed by atoms with Crippen molar-refractivity contribution in [3.8, 4) is 0 Å². The zero-order chi connectivity index (χ0) is 8.81. The molecule has 0 saturated carbocycles. The first-order valence-corrected chi connectivity index (χ1v) is 4.64. The van der Waals surface area contributed by atoms with E-state index in [1.807, 2.05) is 0 Å². The van der Waals surface area contributed by atoms with Gasteiger partial charge < -0.3 is 4.42 Å². The highest BCUT2D eigenvalue weighted by Crippen LogP contribution is 2.22. The number of unbranched alkanes of at least 4 members (excludes halogenated alkanes) is 1. The molecule has 1 unspecified atom stereocenters. The van der Waals surface area contributed by atoms with Crippen LogP contribution in [0, 0.1) is 0 Å². The van der Waals surface area contributed by atoms with E-state index in [-0.39, 0.29) is 0 Å². The van der Waals surface area contributed by atoms with Crippen LogP contribution in [0.25, 0.3) is 0 Å². The molecule has 1 aromatic heterocycles. The van der Waals surface area contributed by atoms with E-state index >= 15 is 0 Å². The minimum atomic E-state index is 0.465. The maximum atomic E-state index is 5.16. The first kappa shape index (κ1) is 9.23. The van der Waals surface area contributed by atoms with E-state index in [9.17, 15) is 0 Å². The van der Waals surface area contributed by atoms with Crippen molar-refractivity contribution in [2.75, 3.05) is 0 Å². The van der Waals surface area contributed by atoms with Crippen molar-refractivity contribution in [2.45, 2.75) is 45.4 Å². The topological polar surface area (TPSA) is 38.9 Å². The molecule has 0 aliphatic heterocycles. The van der Waals surface area contributed by atoms with Crippen molar-refractivity contribution < 1.29 is 4.42 Å². The Kier molecular flexibility index (Phi) is 3.77. The van der Waals surface area contributed by atoms with Gasteiger partial charge in [-0.1, -0.05) is 26.7 Å². The number of rotatable bonds is 5. The van der Waals surface area contributed by atoms with Crippen LogP contribution in [0.5, 0.6) is 0 Å². The van der Waals surface area contributed by atoms with Crippen molar-refractivity contribution in [3.05, 3.63) is 12.3 Å². The molecule has 0 amide bonds. The van der Waals surface area contributed by atoms with Crippen LogP contribution in [0.2, 0.25) is 0 Å². The summed E-state index contributed by atoms with van der Waals surface area (Å²) in [6, 6.07) is 0. The minimum Gasteiger partial charge on any atom is -0.428 e. The molecular formula is C9H16N2O. The summed E-state index contributed by atoms with van der Waals surface area (Å²) in [5.74, 6) is 1.26. The molecular weight excluding hydrogens is 152 g/mol. The van der Waals surface area contributed by atoms with Crippen molar-refractivity contribution >= 4 is 0 Å². The molecule has 3 nitrogen and oxygen atoms in total. The van der Waals surface area contributed by atoms with Crippen LogP contribution >= 0.6 is 0 Å². The standard InChI is InChI=1S/C9H16N2O/c1-3-5-6-8(4-2)9-11-10-7-12-9/h7-8H,3-6H2,1-2H3. The predicted octanol–water partition coefficient (Wildman–Crippen LogP) is 2.75. The zero-order valence-electron chi connectivity index (χ0n) is 7.79. The summed E-state index contributed by atoms with van der Waals surface area (Å²) >= 11 is 0. The lowest BCUT2D eigenvalue weighted by atomic mass is 10.00. The minimum absolute atomic E-state index is 0.465. The molecule has 0 N–H and O–H groups in total. The van der Waals surface area contributed by atoms with Crippen LogP contribution in [-0.2, 0) is 0 Å². The third-order valence-electron chi connectivity index (χ3n) is 2.13. The van der Waals surface area contributed by atoms with E-state index in [2.05, 4.69) is 24.0 Å². The van der Waals surface area contributed by atoms with E-state index in [0.29, 0.717) is 5.92 Å². The van der Waals surface area contributed by atoms with Gasteiger partial charge >= 0.3 is 0 Å². The van der Waals surface area contributed by atoms with Crippen LogP contribution in [0.1, 0.15) is 51.3 Å². The van der Waals surface area contributed by atoms with E-state index in [1.165, 1.54) is 19.2 Å². The van der Waals surface area contributed by atoms with Crippen molar-refractivity contribution in [3.63, 3.8) is 0 Å². The molecule has 0 saturated heterocycles. The first-order valence-electron chi connectivity index (χ1n) is 4.64. The van der Waals surface area contributed by atoms with Crippen molar-refractivity contribution in [1.82, 2.24) is 10.2 Å². The molecule has 0 aliphatic carbocycles. The van der Waals surface area contributed by atoms with Crippen molar-refractivity contribution in [2.24, 2.45) is 0 Å². The van der Waals surface area contributed by atoms with Gasteiger partial charge in [-0.05, 0) is 12.8 Å². The molecule has 1 rings (SSSR count). The largest absolute Gasteiger partial charge is 0.428 e. The summed E-state index contributed by atoms with van der Waals surface area (Å²) in [4.78, 5) is 0. The lowest BCUT2D eigenvalue weighted by Crippen LogP contribution is -1.97. The van der Waals surface area contributed by atoms with E-state index in [1.54, 1.807) is 0 Å². The second-order valence-electron chi connectivity index (χ2n) is 3.02. The van der Waals surface area contributed by atoms with Gasteiger partial charge in [0.2, 0.25) is 12.3 Å². The summed E-state index contributed by atoms with van der Waals surface area (Å²) in [5.41, 5.74) is 0. The summed E-state index contributed by atoms with van der Waals surface area (Å²) in [7, 11) is 0. The fourth-order valence-corrected chi connectivity index (χ4v) is 1.31. The molecule has 0 bridgehead atoms. The molecule has 12 heavy (non-hydrogen) atoms. The third kappa shape index (κ3) is 2.32. The first-order chi connectivity index (χ1) is 5.88. The predicted molar refractivity (Wildman–Crippen MR) is 46.9 cm³/mol.